The van der Waals surface area contributed by atoms with Gasteiger partial charge in [0.05, 0.1) is 38.3 Å². The Morgan fingerprint density at radius 3 is 2.74 bits per heavy atom. The summed E-state index contributed by atoms with van der Waals surface area (Å²) in [4.78, 5) is 28.5. The monoisotopic (exact) mass is 387 g/mol. The molecule has 2 amide bonds. The van der Waals surface area contributed by atoms with Crippen molar-refractivity contribution < 1.29 is 23.5 Å². The highest BCUT2D eigenvalue weighted by molar-refractivity contribution is 7.14. The first-order valence-corrected chi connectivity index (χ1v) is 8.78. The highest BCUT2D eigenvalue weighted by Gasteiger charge is 2.14. The zero-order chi connectivity index (χ0) is 19.2. The lowest BCUT2D eigenvalue weighted by Gasteiger charge is -2.11. The molecule has 0 saturated heterocycles. The topological polar surface area (TPSA) is 103 Å². The van der Waals surface area contributed by atoms with Gasteiger partial charge in [-0.25, -0.2) is 4.98 Å². The Morgan fingerprint density at radius 1 is 1.19 bits per heavy atom. The summed E-state index contributed by atoms with van der Waals surface area (Å²) in [6.07, 6.45) is 1.47. The van der Waals surface area contributed by atoms with E-state index < -0.39 is 5.91 Å². The maximum atomic E-state index is 12.3. The molecule has 0 radical (unpaired) electrons. The number of benzene rings is 1. The molecule has 0 aliphatic carbocycles. The number of anilines is 2. The molecule has 140 valence electrons. The second-order valence-corrected chi connectivity index (χ2v) is 6.22. The molecule has 1 aromatic carbocycles. The largest absolute Gasteiger partial charge is 0.497 e. The van der Waals surface area contributed by atoms with Gasteiger partial charge in [-0.1, -0.05) is 0 Å². The van der Waals surface area contributed by atoms with E-state index in [0.717, 1.165) is 0 Å². The van der Waals surface area contributed by atoms with Gasteiger partial charge in [0.1, 0.15) is 11.5 Å². The van der Waals surface area contributed by atoms with Gasteiger partial charge in [-0.2, -0.15) is 0 Å². The standard InChI is InChI=1S/C18H17N3O5S/c1-24-12-5-6-13(15(9-12)25-2)20-16(22)8-11-10-27-18(19-11)21-17(23)14-4-3-7-26-14/h3-7,9-10H,8H2,1-2H3,(H,20,22)(H,19,21,23). The van der Waals surface area contributed by atoms with Crippen LogP contribution in [-0.4, -0.2) is 31.0 Å². The van der Waals surface area contributed by atoms with Crippen LogP contribution in [0, 0.1) is 0 Å². The summed E-state index contributed by atoms with van der Waals surface area (Å²) in [6.45, 7) is 0. The van der Waals surface area contributed by atoms with Crippen LogP contribution >= 0.6 is 11.3 Å². The number of hydrogen-bond donors (Lipinski definition) is 2. The number of nitrogens with one attached hydrogen (secondary N) is 2. The van der Waals surface area contributed by atoms with Gasteiger partial charge < -0.3 is 19.2 Å². The second-order valence-electron chi connectivity index (χ2n) is 5.37. The molecular formula is C18H17N3O5S. The number of hydrogen-bond acceptors (Lipinski definition) is 7. The van der Waals surface area contributed by atoms with E-state index in [1.807, 2.05) is 0 Å². The van der Waals surface area contributed by atoms with Crippen LogP contribution in [0.3, 0.4) is 0 Å². The van der Waals surface area contributed by atoms with Gasteiger partial charge in [0.25, 0.3) is 5.91 Å². The first-order valence-electron chi connectivity index (χ1n) is 7.90. The SMILES string of the molecule is COc1ccc(NC(=O)Cc2csc(NC(=O)c3ccco3)n2)c(OC)c1. The molecule has 0 aliphatic heterocycles. The van der Waals surface area contributed by atoms with E-state index in [9.17, 15) is 9.59 Å². The minimum atomic E-state index is -0.395. The maximum Gasteiger partial charge on any atom is 0.293 e. The van der Waals surface area contributed by atoms with E-state index in [1.165, 1.54) is 24.7 Å². The van der Waals surface area contributed by atoms with Crippen molar-refractivity contribution in [3.05, 3.63) is 53.4 Å². The Hall–Kier alpha value is -3.33. The summed E-state index contributed by atoms with van der Waals surface area (Å²) in [5.41, 5.74) is 1.07. The third-order valence-corrected chi connectivity index (χ3v) is 4.35. The molecule has 2 aromatic heterocycles. The molecule has 0 fully saturated rings. The number of ether oxygens (including phenoxy) is 2. The summed E-state index contributed by atoms with van der Waals surface area (Å²) < 4.78 is 15.4. The average Bonchev–Trinajstić information content (AvgIpc) is 3.34. The van der Waals surface area contributed by atoms with Crippen molar-refractivity contribution in [2.45, 2.75) is 6.42 Å². The molecule has 2 N–H and O–H groups in total. The lowest BCUT2D eigenvalue weighted by Crippen LogP contribution is -2.15. The number of aromatic nitrogens is 1. The molecule has 0 unspecified atom stereocenters. The van der Waals surface area contributed by atoms with Gasteiger partial charge in [0.15, 0.2) is 10.9 Å². The van der Waals surface area contributed by atoms with Crippen LogP contribution < -0.4 is 20.1 Å². The quantitative estimate of drug-likeness (QED) is 0.645. The molecule has 0 bridgehead atoms. The summed E-state index contributed by atoms with van der Waals surface area (Å²) in [5.74, 6) is 0.658. The zero-order valence-electron chi connectivity index (χ0n) is 14.6. The number of furan rings is 1. The lowest BCUT2D eigenvalue weighted by atomic mass is 10.2. The van der Waals surface area contributed by atoms with Crippen LogP contribution in [0.1, 0.15) is 16.2 Å². The fourth-order valence-electron chi connectivity index (χ4n) is 2.27. The fraction of sp³-hybridized carbons (Fsp3) is 0.167. The minimum Gasteiger partial charge on any atom is -0.497 e. The molecule has 3 rings (SSSR count). The highest BCUT2D eigenvalue weighted by Crippen LogP contribution is 2.29. The van der Waals surface area contributed by atoms with Crippen LogP contribution in [0.4, 0.5) is 10.8 Å². The number of amides is 2. The van der Waals surface area contributed by atoms with Crippen molar-refractivity contribution >= 4 is 34.0 Å². The molecular weight excluding hydrogens is 370 g/mol. The van der Waals surface area contributed by atoms with E-state index in [2.05, 4.69) is 15.6 Å². The van der Waals surface area contributed by atoms with Crippen LogP contribution in [0.2, 0.25) is 0 Å². The molecule has 8 nitrogen and oxygen atoms in total. The smallest absolute Gasteiger partial charge is 0.293 e. The molecule has 9 heteroatoms. The van der Waals surface area contributed by atoms with Gasteiger partial charge in [0.2, 0.25) is 5.91 Å². The Kier molecular flexibility index (Phi) is 5.72. The van der Waals surface area contributed by atoms with Crippen molar-refractivity contribution in [3.63, 3.8) is 0 Å². The van der Waals surface area contributed by atoms with Crippen LogP contribution in [0.5, 0.6) is 11.5 Å². The molecule has 2 heterocycles. The highest BCUT2D eigenvalue weighted by atomic mass is 32.1. The predicted octanol–water partition coefficient (Wildman–Crippen LogP) is 3.19. The van der Waals surface area contributed by atoms with E-state index in [-0.39, 0.29) is 18.1 Å². The van der Waals surface area contributed by atoms with Crippen molar-refractivity contribution in [2.75, 3.05) is 24.9 Å². The van der Waals surface area contributed by atoms with Gasteiger partial charge in [-0.15, -0.1) is 11.3 Å². The first-order chi connectivity index (χ1) is 13.1. The number of thiazole rings is 1. The van der Waals surface area contributed by atoms with Gasteiger partial charge in [-0.3, -0.25) is 14.9 Å². The Balaban J connectivity index is 1.60. The zero-order valence-corrected chi connectivity index (χ0v) is 15.5. The Labute approximate surface area is 159 Å². The summed E-state index contributed by atoms with van der Waals surface area (Å²) in [7, 11) is 3.07. The van der Waals surface area contributed by atoms with Crippen LogP contribution in [0.15, 0.2) is 46.4 Å². The summed E-state index contributed by atoms with van der Waals surface area (Å²) in [6, 6.07) is 8.29. The number of methoxy groups -OCH3 is 2. The van der Waals surface area contributed by atoms with E-state index in [1.54, 1.807) is 42.8 Å². The van der Waals surface area contributed by atoms with E-state index in [0.29, 0.717) is 28.0 Å². The van der Waals surface area contributed by atoms with Gasteiger partial charge >= 0.3 is 0 Å². The van der Waals surface area contributed by atoms with Crippen LogP contribution in [0.25, 0.3) is 0 Å². The second kappa shape index (κ2) is 8.37. The Morgan fingerprint density at radius 2 is 2.04 bits per heavy atom. The third kappa shape index (κ3) is 4.64. The van der Waals surface area contributed by atoms with Crippen molar-refractivity contribution in [1.82, 2.24) is 4.98 Å². The molecule has 0 atom stereocenters. The molecule has 0 aliphatic rings. The third-order valence-electron chi connectivity index (χ3n) is 3.54. The number of rotatable bonds is 7. The first kappa shape index (κ1) is 18.5. The average molecular weight is 387 g/mol. The normalized spacial score (nSPS) is 10.3. The van der Waals surface area contributed by atoms with E-state index >= 15 is 0 Å². The Bertz CT molecular complexity index is 936. The maximum absolute atomic E-state index is 12.3. The molecule has 0 saturated carbocycles. The van der Waals surface area contributed by atoms with Crippen molar-refractivity contribution in [2.24, 2.45) is 0 Å². The molecule has 0 spiro atoms. The summed E-state index contributed by atoms with van der Waals surface area (Å²) >= 11 is 1.23. The number of carbonyl (C=O) groups is 2. The number of carbonyl (C=O) groups excluding carboxylic acids is 2. The fourth-order valence-corrected chi connectivity index (χ4v) is 2.98. The van der Waals surface area contributed by atoms with Crippen molar-refractivity contribution in [1.29, 1.82) is 0 Å². The van der Waals surface area contributed by atoms with Crippen molar-refractivity contribution in [3.8, 4) is 11.5 Å². The lowest BCUT2D eigenvalue weighted by molar-refractivity contribution is -0.115. The predicted molar refractivity (Wildman–Crippen MR) is 101 cm³/mol. The van der Waals surface area contributed by atoms with Gasteiger partial charge in [0, 0.05) is 11.4 Å². The number of nitrogens with zero attached hydrogens (tertiary/aromatic N) is 1. The van der Waals surface area contributed by atoms with Gasteiger partial charge in [-0.05, 0) is 24.3 Å². The summed E-state index contributed by atoms with van der Waals surface area (Å²) in [5, 5.41) is 7.51. The molecule has 3 aromatic rings. The van der Waals surface area contributed by atoms with Crippen LogP contribution in [-0.2, 0) is 11.2 Å². The minimum absolute atomic E-state index is 0.0578. The van der Waals surface area contributed by atoms with E-state index in [4.69, 9.17) is 13.9 Å². The molecule has 27 heavy (non-hydrogen) atoms.